The zero-order valence-corrected chi connectivity index (χ0v) is 11.3. The smallest absolute Gasteiger partial charge is 0.190 e. The van der Waals surface area contributed by atoms with Crippen LogP contribution in [0.2, 0.25) is 0 Å². The third-order valence-electron chi connectivity index (χ3n) is 3.37. The lowest BCUT2D eigenvalue weighted by atomic mass is 10.1. The zero-order chi connectivity index (χ0) is 15.0. The molecule has 1 heterocycles. The molecule has 104 valence electrons. The van der Waals surface area contributed by atoms with Crippen LogP contribution in [0.1, 0.15) is 17.3 Å². The standard InChI is InChI=1S/C17H12FNO2/c1-10(20)11-5-6-15-14(8-11)17(21)9-16(19-15)12-3-2-4-13(18)7-12/h2-9H,1H3,(H,19,21). The van der Waals surface area contributed by atoms with E-state index in [9.17, 15) is 14.0 Å². The Morgan fingerprint density at radius 3 is 2.62 bits per heavy atom. The maximum Gasteiger partial charge on any atom is 0.190 e. The highest BCUT2D eigenvalue weighted by Crippen LogP contribution is 2.20. The van der Waals surface area contributed by atoms with Crippen molar-refractivity contribution >= 4 is 16.7 Å². The van der Waals surface area contributed by atoms with Crippen molar-refractivity contribution in [3.8, 4) is 11.3 Å². The van der Waals surface area contributed by atoms with Gasteiger partial charge in [0.1, 0.15) is 5.82 Å². The number of carbonyl (C=O) groups is 1. The third kappa shape index (κ3) is 2.48. The van der Waals surface area contributed by atoms with Gasteiger partial charge in [0.25, 0.3) is 0 Å². The number of rotatable bonds is 2. The van der Waals surface area contributed by atoms with Crippen LogP contribution in [-0.4, -0.2) is 10.8 Å². The molecule has 1 N–H and O–H groups in total. The highest BCUT2D eigenvalue weighted by Gasteiger charge is 2.07. The number of aromatic nitrogens is 1. The molecule has 0 saturated heterocycles. The van der Waals surface area contributed by atoms with E-state index in [4.69, 9.17) is 0 Å². The Labute approximate surface area is 120 Å². The molecule has 0 bridgehead atoms. The first-order chi connectivity index (χ1) is 10.0. The van der Waals surface area contributed by atoms with E-state index >= 15 is 0 Å². The highest BCUT2D eigenvalue weighted by molar-refractivity contribution is 5.98. The van der Waals surface area contributed by atoms with Crippen LogP contribution in [0.25, 0.3) is 22.2 Å². The minimum Gasteiger partial charge on any atom is -0.354 e. The van der Waals surface area contributed by atoms with Gasteiger partial charge in [-0.3, -0.25) is 9.59 Å². The molecule has 0 aliphatic carbocycles. The van der Waals surface area contributed by atoms with Crippen LogP contribution in [0, 0.1) is 5.82 Å². The van der Waals surface area contributed by atoms with Crippen LogP contribution in [-0.2, 0) is 0 Å². The number of pyridine rings is 1. The van der Waals surface area contributed by atoms with E-state index in [1.165, 1.54) is 25.1 Å². The number of nitrogens with one attached hydrogen (secondary N) is 1. The summed E-state index contributed by atoms with van der Waals surface area (Å²) in [6.45, 7) is 1.45. The number of ketones is 1. The summed E-state index contributed by atoms with van der Waals surface area (Å²) in [5.74, 6) is -0.453. The molecule has 2 aromatic carbocycles. The van der Waals surface area contributed by atoms with Gasteiger partial charge in [-0.1, -0.05) is 12.1 Å². The van der Waals surface area contributed by atoms with E-state index in [0.29, 0.717) is 27.7 Å². The van der Waals surface area contributed by atoms with E-state index in [2.05, 4.69) is 4.98 Å². The minimum atomic E-state index is -0.361. The number of H-pyrrole nitrogens is 1. The minimum absolute atomic E-state index is 0.0921. The van der Waals surface area contributed by atoms with Crippen molar-refractivity contribution in [3.05, 3.63) is 70.1 Å². The Balaban J connectivity index is 2.23. The van der Waals surface area contributed by atoms with Crippen molar-refractivity contribution < 1.29 is 9.18 Å². The predicted molar refractivity (Wildman–Crippen MR) is 80.0 cm³/mol. The Morgan fingerprint density at radius 1 is 1.10 bits per heavy atom. The molecule has 0 spiro atoms. The van der Waals surface area contributed by atoms with Crippen molar-refractivity contribution in [1.82, 2.24) is 4.98 Å². The largest absolute Gasteiger partial charge is 0.354 e. The summed E-state index contributed by atoms with van der Waals surface area (Å²) in [5, 5.41) is 0.447. The fraction of sp³-hybridized carbons (Fsp3) is 0.0588. The van der Waals surface area contributed by atoms with Crippen molar-refractivity contribution in [3.63, 3.8) is 0 Å². The van der Waals surface area contributed by atoms with Crippen LogP contribution in [0.3, 0.4) is 0 Å². The Morgan fingerprint density at radius 2 is 1.90 bits per heavy atom. The van der Waals surface area contributed by atoms with Crippen LogP contribution in [0.15, 0.2) is 53.3 Å². The van der Waals surface area contributed by atoms with Gasteiger partial charge < -0.3 is 4.98 Å². The van der Waals surface area contributed by atoms with Gasteiger partial charge in [0.15, 0.2) is 11.2 Å². The molecular weight excluding hydrogens is 269 g/mol. The van der Waals surface area contributed by atoms with E-state index in [1.54, 1.807) is 30.3 Å². The lowest BCUT2D eigenvalue weighted by molar-refractivity contribution is 0.101. The fourth-order valence-electron chi connectivity index (χ4n) is 2.28. The van der Waals surface area contributed by atoms with Crippen molar-refractivity contribution in [1.29, 1.82) is 0 Å². The van der Waals surface area contributed by atoms with Gasteiger partial charge in [0.05, 0.1) is 0 Å². The first kappa shape index (κ1) is 13.2. The van der Waals surface area contributed by atoms with Gasteiger partial charge in [-0.25, -0.2) is 4.39 Å². The van der Waals surface area contributed by atoms with E-state index in [1.807, 2.05) is 0 Å². The van der Waals surface area contributed by atoms with Crippen molar-refractivity contribution in [2.75, 3.05) is 0 Å². The number of hydrogen-bond donors (Lipinski definition) is 1. The molecule has 0 aliphatic rings. The number of Topliss-reactive ketones (excluding diaryl/α,β-unsaturated/α-hetero) is 1. The number of hydrogen-bond acceptors (Lipinski definition) is 2. The molecule has 0 saturated carbocycles. The molecule has 21 heavy (non-hydrogen) atoms. The van der Waals surface area contributed by atoms with Crippen LogP contribution in [0.5, 0.6) is 0 Å². The molecule has 0 amide bonds. The molecule has 0 unspecified atom stereocenters. The van der Waals surface area contributed by atoms with Gasteiger partial charge in [0.2, 0.25) is 0 Å². The summed E-state index contributed by atoms with van der Waals surface area (Å²) in [6, 6.07) is 12.4. The number of fused-ring (bicyclic) bond motifs is 1. The summed E-state index contributed by atoms with van der Waals surface area (Å²) in [6.07, 6.45) is 0. The van der Waals surface area contributed by atoms with Gasteiger partial charge >= 0.3 is 0 Å². The summed E-state index contributed by atoms with van der Waals surface area (Å²) >= 11 is 0. The normalized spacial score (nSPS) is 10.8. The van der Waals surface area contributed by atoms with Crippen molar-refractivity contribution in [2.45, 2.75) is 6.92 Å². The van der Waals surface area contributed by atoms with Crippen LogP contribution < -0.4 is 5.43 Å². The van der Waals surface area contributed by atoms with Gasteiger partial charge in [0, 0.05) is 33.8 Å². The lowest BCUT2D eigenvalue weighted by Crippen LogP contribution is -2.04. The number of carbonyl (C=O) groups excluding carboxylic acids is 1. The molecule has 0 atom stereocenters. The van der Waals surface area contributed by atoms with Gasteiger partial charge in [-0.05, 0) is 37.3 Å². The first-order valence-electron chi connectivity index (χ1n) is 6.48. The fourth-order valence-corrected chi connectivity index (χ4v) is 2.28. The predicted octanol–water partition coefficient (Wildman–Crippen LogP) is 3.54. The summed E-state index contributed by atoms with van der Waals surface area (Å²) in [5.41, 5.74) is 2.05. The zero-order valence-electron chi connectivity index (χ0n) is 11.3. The lowest BCUT2D eigenvalue weighted by Gasteiger charge is -2.06. The van der Waals surface area contributed by atoms with Crippen LogP contribution in [0.4, 0.5) is 4.39 Å². The molecule has 3 aromatic rings. The second-order valence-electron chi connectivity index (χ2n) is 4.87. The number of halogens is 1. The first-order valence-corrected chi connectivity index (χ1v) is 6.48. The molecule has 0 fully saturated rings. The Bertz CT molecular complexity index is 912. The number of aromatic amines is 1. The summed E-state index contributed by atoms with van der Waals surface area (Å²) in [7, 11) is 0. The summed E-state index contributed by atoms with van der Waals surface area (Å²) in [4.78, 5) is 26.7. The maximum atomic E-state index is 13.3. The molecule has 3 nitrogen and oxygen atoms in total. The molecule has 1 aromatic heterocycles. The topological polar surface area (TPSA) is 49.9 Å². The monoisotopic (exact) mass is 281 g/mol. The molecular formula is C17H12FNO2. The van der Waals surface area contributed by atoms with E-state index in [0.717, 1.165) is 0 Å². The third-order valence-corrected chi connectivity index (χ3v) is 3.37. The second-order valence-corrected chi connectivity index (χ2v) is 4.87. The van der Waals surface area contributed by atoms with Gasteiger partial charge in [-0.15, -0.1) is 0 Å². The maximum absolute atomic E-state index is 13.3. The quantitative estimate of drug-likeness (QED) is 0.730. The Kier molecular flexibility index (Phi) is 3.14. The molecule has 3 rings (SSSR count). The average molecular weight is 281 g/mol. The Hall–Kier alpha value is -2.75. The second kappa shape index (κ2) is 4.98. The van der Waals surface area contributed by atoms with Crippen LogP contribution >= 0.6 is 0 Å². The SMILES string of the molecule is CC(=O)c1ccc2[nH]c(-c3cccc(F)c3)cc(=O)c2c1. The molecule has 0 radical (unpaired) electrons. The number of benzene rings is 2. The van der Waals surface area contributed by atoms with E-state index in [-0.39, 0.29) is 17.0 Å². The van der Waals surface area contributed by atoms with Crippen molar-refractivity contribution in [2.24, 2.45) is 0 Å². The molecule has 4 heteroatoms. The van der Waals surface area contributed by atoms with E-state index < -0.39 is 0 Å². The highest BCUT2D eigenvalue weighted by atomic mass is 19.1. The summed E-state index contributed by atoms with van der Waals surface area (Å²) < 4.78 is 13.3. The molecule has 0 aliphatic heterocycles. The van der Waals surface area contributed by atoms with Gasteiger partial charge in [-0.2, -0.15) is 0 Å². The average Bonchev–Trinajstić information content (AvgIpc) is 2.46.